The molecule has 0 bridgehead atoms. The summed E-state index contributed by atoms with van der Waals surface area (Å²) in [5.74, 6) is 0.343. The molecule has 0 unspecified atom stereocenters. The van der Waals surface area contributed by atoms with E-state index in [-0.39, 0.29) is 17.2 Å². The normalized spacial score (nSPS) is 10.2. The molecule has 2 aromatic heterocycles. The summed E-state index contributed by atoms with van der Waals surface area (Å²) in [6.45, 7) is 2.52. The second kappa shape index (κ2) is 5.91. The van der Waals surface area contributed by atoms with E-state index >= 15 is 0 Å². The zero-order valence-electron chi connectivity index (χ0n) is 10.8. The molecule has 8 heteroatoms. The lowest BCUT2D eigenvalue weighted by molar-refractivity contribution is -0.383. The van der Waals surface area contributed by atoms with Crippen LogP contribution in [-0.2, 0) is 0 Å². The van der Waals surface area contributed by atoms with Crippen molar-refractivity contribution in [2.24, 2.45) is 0 Å². The molecule has 0 spiro atoms. The molecule has 104 valence electrons. The molecule has 0 fully saturated rings. The Labute approximate surface area is 114 Å². The van der Waals surface area contributed by atoms with E-state index in [9.17, 15) is 10.1 Å². The van der Waals surface area contributed by atoms with Crippen LogP contribution in [-0.4, -0.2) is 26.5 Å². The van der Waals surface area contributed by atoms with Gasteiger partial charge in [-0.2, -0.15) is 0 Å². The van der Waals surface area contributed by atoms with Gasteiger partial charge in [-0.15, -0.1) is 0 Å². The second-order valence-corrected chi connectivity index (χ2v) is 3.97. The molecule has 2 heterocycles. The van der Waals surface area contributed by atoms with Gasteiger partial charge in [0.2, 0.25) is 5.82 Å². The van der Waals surface area contributed by atoms with Crippen molar-refractivity contribution in [1.82, 2.24) is 15.0 Å². The molecular weight excluding hydrogens is 262 g/mol. The van der Waals surface area contributed by atoms with Crippen LogP contribution in [0.2, 0.25) is 0 Å². The highest BCUT2D eigenvalue weighted by Gasteiger charge is 2.22. The fraction of sp³-hybridized carbons (Fsp3) is 0.250. The summed E-state index contributed by atoms with van der Waals surface area (Å²) in [5.41, 5.74) is 5.78. The van der Waals surface area contributed by atoms with Crippen molar-refractivity contribution in [2.75, 3.05) is 12.3 Å². The van der Waals surface area contributed by atoms with Crippen molar-refractivity contribution in [1.29, 1.82) is 0 Å². The molecule has 0 saturated heterocycles. The maximum absolute atomic E-state index is 11.1. The number of rotatable bonds is 5. The Morgan fingerprint density at radius 1 is 1.40 bits per heavy atom. The fourth-order valence-corrected chi connectivity index (χ4v) is 1.63. The first kappa shape index (κ1) is 13.7. The first-order valence-electron chi connectivity index (χ1n) is 5.96. The van der Waals surface area contributed by atoms with Crippen molar-refractivity contribution in [3.8, 4) is 17.0 Å². The summed E-state index contributed by atoms with van der Waals surface area (Å²) in [7, 11) is 0. The number of nitro groups is 1. The Morgan fingerprint density at radius 2 is 2.20 bits per heavy atom. The van der Waals surface area contributed by atoms with E-state index in [2.05, 4.69) is 15.0 Å². The molecule has 0 aromatic carbocycles. The maximum Gasteiger partial charge on any atom is 0.337 e. The lowest BCUT2D eigenvalue weighted by Crippen LogP contribution is -2.03. The third-order valence-electron chi connectivity index (χ3n) is 2.49. The zero-order chi connectivity index (χ0) is 14.5. The van der Waals surface area contributed by atoms with Gasteiger partial charge in [0.15, 0.2) is 5.69 Å². The second-order valence-electron chi connectivity index (χ2n) is 3.97. The van der Waals surface area contributed by atoms with Gasteiger partial charge in [0.25, 0.3) is 0 Å². The highest BCUT2D eigenvalue weighted by atomic mass is 16.6. The molecule has 20 heavy (non-hydrogen) atoms. The smallest absolute Gasteiger partial charge is 0.337 e. The highest BCUT2D eigenvalue weighted by Crippen LogP contribution is 2.31. The van der Waals surface area contributed by atoms with E-state index in [0.29, 0.717) is 17.9 Å². The van der Waals surface area contributed by atoms with E-state index in [0.717, 1.165) is 6.42 Å². The summed E-state index contributed by atoms with van der Waals surface area (Å²) in [6, 6.07) is 1.64. The molecule has 0 saturated carbocycles. The largest absolute Gasteiger partial charge is 0.492 e. The molecule has 0 amide bonds. The highest BCUT2D eigenvalue weighted by molar-refractivity contribution is 5.75. The fourth-order valence-electron chi connectivity index (χ4n) is 1.63. The lowest BCUT2D eigenvalue weighted by atomic mass is 10.1. The summed E-state index contributed by atoms with van der Waals surface area (Å²) in [5, 5.41) is 11.1. The van der Waals surface area contributed by atoms with Gasteiger partial charge in [0, 0.05) is 11.8 Å². The van der Waals surface area contributed by atoms with Crippen LogP contribution in [0, 0.1) is 10.1 Å². The average Bonchev–Trinajstić information content (AvgIpc) is 2.44. The van der Waals surface area contributed by atoms with Crippen LogP contribution in [0.5, 0.6) is 5.75 Å². The van der Waals surface area contributed by atoms with Crippen molar-refractivity contribution in [3.63, 3.8) is 0 Å². The van der Waals surface area contributed by atoms with Crippen LogP contribution >= 0.6 is 0 Å². The standard InChI is InChI=1S/C12H13N5O3/c1-2-3-20-9-4-8(5-14-6-9)10-11(17(18)19)12(13)16-7-15-10/h4-7H,2-3H2,1H3,(H2,13,15,16). The number of hydrogen-bond donors (Lipinski definition) is 1. The number of nitrogen functional groups attached to an aromatic ring is 1. The number of anilines is 1. The van der Waals surface area contributed by atoms with Crippen LogP contribution in [0.3, 0.4) is 0 Å². The molecule has 0 aliphatic carbocycles. The molecule has 0 radical (unpaired) electrons. The minimum Gasteiger partial charge on any atom is -0.492 e. The van der Waals surface area contributed by atoms with E-state index in [1.54, 1.807) is 6.07 Å². The Hall–Kier alpha value is -2.77. The summed E-state index contributed by atoms with van der Waals surface area (Å²) < 4.78 is 5.44. The van der Waals surface area contributed by atoms with E-state index in [4.69, 9.17) is 10.5 Å². The van der Waals surface area contributed by atoms with Crippen LogP contribution in [0.25, 0.3) is 11.3 Å². The Morgan fingerprint density at radius 3 is 2.90 bits per heavy atom. The van der Waals surface area contributed by atoms with Gasteiger partial charge in [-0.05, 0) is 12.5 Å². The van der Waals surface area contributed by atoms with Crippen molar-refractivity contribution in [3.05, 3.63) is 34.9 Å². The summed E-state index contributed by atoms with van der Waals surface area (Å²) >= 11 is 0. The average molecular weight is 275 g/mol. The third kappa shape index (κ3) is 2.79. The predicted molar refractivity (Wildman–Crippen MR) is 72.1 cm³/mol. The lowest BCUT2D eigenvalue weighted by Gasteiger charge is -2.07. The predicted octanol–water partition coefficient (Wildman–Crippen LogP) is 1.82. The minimum absolute atomic E-state index is 0.122. The van der Waals surface area contributed by atoms with Crippen LogP contribution in [0.1, 0.15) is 13.3 Å². The van der Waals surface area contributed by atoms with Gasteiger partial charge in [-0.1, -0.05) is 6.92 Å². The zero-order valence-corrected chi connectivity index (χ0v) is 10.8. The van der Waals surface area contributed by atoms with E-state index in [1.807, 2.05) is 6.92 Å². The Bertz CT molecular complexity index is 632. The molecule has 2 rings (SSSR count). The Balaban J connectivity index is 2.46. The molecular formula is C12H13N5O3. The molecule has 8 nitrogen and oxygen atoms in total. The third-order valence-corrected chi connectivity index (χ3v) is 2.49. The van der Waals surface area contributed by atoms with Crippen LogP contribution in [0.15, 0.2) is 24.8 Å². The first-order chi connectivity index (χ1) is 9.63. The molecule has 2 N–H and O–H groups in total. The summed E-state index contributed by atoms with van der Waals surface area (Å²) in [4.78, 5) is 22.0. The topological polar surface area (TPSA) is 117 Å². The SMILES string of the molecule is CCCOc1cncc(-c2ncnc(N)c2[N+](=O)[O-])c1. The van der Waals surface area contributed by atoms with Gasteiger partial charge in [-0.25, -0.2) is 9.97 Å². The van der Waals surface area contributed by atoms with Crippen molar-refractivity contribution < 1.29 is 9.66 Å². The molecule has 2 aromatic rings. The minimum atomic E-state index is -0.607. The Kier molecular flexibility index (Phi) is 4.04. The quantitative estimate of drug-likeness (QED) is 0.653. The van der Waals surface area contributed by atoms with Gasteiger partial charge in [0.05, 0.1) is 17.7 Å². The van der Waals surface area contributed by atoms with Gasteiger partial charge in [0.1, 0.15) is 12.1 Å². The number of aromatic nitrogens is 3. The van der Waals surface area contributed by atoms with Crippen molar-refractivity contribution in [2.45, 2.75) is 13.3 Å². The molecule has 0 aliphatic heterocycles. The van der Waals surface area contributed by atoms with E-state index in [1.165, 1.54) is 18.7 Å². The number of nitrogens with two attached hydrogens (primary N) is 1. The number of pyridine rings is 1. The number of nitrogens with zero attached hydrogens (tertiary/aromatic N) is 4. The van der Waals surface area contributed by atoms with Crippen LogP contribution < -0.4 is 10.5 Å². The van der Waals surface area contributed by atoms with E-state index < -0.39 is 4.92 Å². The monoisotopic (exact) mass is 275 g/mol. The summed E-state index contributed by atoms with van der Waals surface area (Å²) in [6.07, 6.45) is 5.03. The number of hydrogen-bond acceptors (Lipinski definition) is 7. The van der Waals surface area contributed by atoms with Crippen molar-refractivity contribution >= 4 is 11.5 Å². The van der Waals surface area contributed by atoms with Gasteiger partial charge < -0.3 is 10.5 Å². The van der Waals surface area contributed by atoms with Gasteiger partial charge in [-0.3, -0.25) is 15.1 Å². The van der Waals surface area contributed by atoms with Gasteiger partial charge >= 0.3 is 5.69 Å². The van der Waals surface area contributed by atoms with Crippen LogP contribution in [0.4, 0.5) is 11.5 Å². The molecule has 0 aliphatic rings. The first-order valence-corrected chi connectivity index (χ1v) is 5.96. The maximum atomic E-state index is 11.1. The molecule has 0 atom stereocenters. The number of ether oxygens (including phenoxy) is 1.